The molecule has 1 aromatic rings. The quantitative estimate of drug-likeness (QED) is 0.807. The number of hydrogen-bond donors (Lipinski definition) is 1. The molecule has 26 heavy (non-hydrogen) atoms. The van der Waals surface area contributed by atoms with Crippen LogP contribution in [0.2, 0.25) is 0 Å². The highest BCUT2D eigenvalue weighted by atomic mass is 16.2. The normalized spacial score (nSPS) is 33.9. The Hall–Kier alpha value is -1.64. The smallest absolute Gasteiger partial charge is 0.220 e. The molecule has 6 rings (SSSR count). The zero-order valence-corrected chi connectivity index (χ0v) is 15.6. The second-order valence-electron chi connectivity index (χ2n) is 9.51. The van der Waals surface area contributed by atoms with Gasteiger partial charge in [-0.1, -0.05) is 12.1 Å². The number of hydrogen-bond acceptors (Lipinski definition) is 2. The van der Waals surface area contributed by atoms with Gasteiger partial charge < -0.3 is 5.32 Å². The first kappa shape index (κ1) is 16.5. The molecule has 5 aliphatic rings. The average molecular weight is 351 g/mol. The van der Waals surface area contributed by atoms with Crippen LogP contribution < -0.4 is 5.32 Å². The van der Waals surface area contributed by atoms with E-state index < -0.39 is 0 Å². The van der Waals surface area contributed by atoms with Crippen molar-refractivity contribution in [1.82, 2.24) is 5.32 Å². The fourth-order valence-electron chi connectivity index (χ4n) is 6.74. The Morgan fingerprint density at radius 1 is 0.923 bits per heavy atom. The Balaban J connectivity index is 1.18. The van der Waals surface area contributed by atoms with Gasteiger partial charge >= 0.3 is 0 Å². The zero-order chi connectivity index (χ0) is 17.7. The molecule has 4 saturated carbocycles. The maximum Gasteiger partial charge on any atom is 0.220 e. The van der Waals surface area contributed by atoms with Gasteiger partial charge in [-0.25, -0.2) is 0 Å². The number of ketones is 1. The Kier molecular flexibility index (Phi) is 3.95. The number of carbonyl (C=O) groups is 2. The lowest BCUT2D eigenvalue weighted by Crippen LogP contribution is -2.59. The van der Waals surface area contributed by atoms with Gasteiger partial charge in [0.1, 0.15) is 0 Å². The van der Waals surface area contributed by atoms with Crippen molar-refractivity contribution in [2.24, 2.45) is 17.8 Å². The topological polar surface area (TPSA) is 46.2 Å². The van der Waals surface area contributed by atoms with Crippen molar-refractivity contribution in [2.75, 3.05) is 0 Å². The summed E-state index contributed by atoms with van der Waals surface area (Å²) in [4.78, 5) is 25.1. The van der Waals surface area contributed by atoms with Crippen LogP contribution in [0.25, 0.3) is 0 Å². The first-order valence-corrected chi connectivity index (χ1v) is 10.5. The molecule has 1 amide bonds. The van der Waals surface area contributed by atoms with Gasteiger partial charge in [-0.05, 0) is 92.7 Å². The van der Waals surface area contributed by atoms with Gasteiger partial charge in [-0.2, -0.15) is 0 Å². The van der Waals surface area contributed by atoms with Crippen LogP contribution in [0.4, 0.5) is 0 Å². The summed E-state index contributed by atoms with van der Waals surface area (Å²) in [7, 11) is 0. The average Bonchev–Trinajstić information content (AvgIpc) is 3.05. The molecule has 0 unspecified atom stereocenters. The van der Waals surface area contributed by atoms with E-state index in [0.717, 1.165) is 36.2 Å². The molecule has 0 atom stereocenters. The lowest BCUT2D eigenvalue weighted by atomic mass is 9.53. The minimum atomic E-state index is 0.0580. The van der Waals surface area contributed by atoms with Gasteiger partial charge in [-0.3, -0.25) is 9.59 Å². The summed E-state index contributed by atoms with van der Waals surface area (Å²) in [6, 6.07) is 6.11. The van der Waals surface area contributed by atoms with Crippen LogP contribution >= 0.6 is 0 Å². The maximum atomic E-state index is 12.6. The van der Waals surface area contributed by atoms with E-state index in [1.165, 1.54) is 56.1 Å². The Morgan fingerprint density at radius 3 is 2.27 bits per heavy atom. The monoisotopic (exact) mass is 351 g/mol. The highest BCUT2D eigenvalue weighted by Crippen LogP contribution is 2.55. The van der Waals surface area contributed by atoms with E-state index in [1.54, 1.807) is 0 Å². The molecule has 0 radical (unpaired) electrons. The fourth-order valence-corrected chi connectivity index (χ4v) is 6.74. The molecule has 0 aliphatic heterocycles. The van der Waals surface area contributed by atoms with Crippen molar-refractivity contribution in [2.45, 2.75) is 76.2 Å². The van der Waals surface area contributed by atoms with Crippen LogP contribution in [0, 0.1) is 17.8 Å². The summed E-state index contributed by atoms with van der Waals surface area (Å²) in [5.74, 6) is 2.68. The second-order valence-corrected chi connectivity index (χ2v) is 9.51. The molecular formula is C23H29NO2. The summed E-state index contributed by atoms with van der Waals surface area (Å²) >= 11 is 0. The maximum absolute atomic E-state index is 12.6. The van der Waals surface area contributed by atoms with Crippen molar-refractivity contribution < 1.29 is 9.59 Å². The first-order chi connectivity index (χ1) is 12.6. The third-order valence-corrected chi connectivity index (χ3v) is 7.44. The molecule has 3 heteroatoms. The third kappa shape index (κ3) is 3.00. The SMILES string of the molecule is O=C(CCC(=O)c1ccc2c(c1)CCC2)NC12CC3CC(CC(C3)C1)C2. The van der Waals surface area contributed by atoms with Crippen molar-refractivity contribution in [3.05, 3.63) is 34.9 Å². The third-order valence-electron chi connectivity index (χ3n) is 7.44. The number of rotatable bonds is 5. The van der Waals surface area contributed by atoms with E-state index in [4.69, 9.17) is 0 Å². The Bertz CT molecular complexity index is 715. The van der Waals surface area contributed by atoms with Crippen LogP contribution in [-0.2, 0) is 17.6 Å². The summed E-state index contributed by atoms with van der Waals surface area (Å²) < 4.78 is 0. The number of aryl methyl sites for hydroxylation is 2. The number of fused-ring (bicyclic) bond motifs is 1. The first-order valence-electron chi connectivity index (χ1n) is 10.5. The minimum absolute atomic E-state index is 0.0580. The second kappa shape index (κ2) is 6.21. The summed E-state index contributed by atoms with van der Waals surface area (Å²) in [5.41, 5.74) is 3.56. The molecule has 0 aromatic heterocycles. The zero-order valence-electron chi connectivity index (χ0n) is 15.6. The highest BCUT2D eigenvalue weighted by molar-refractivity contribution is 5.98. The van der Waals surface area contributed by atoms with Crippen molar-refractivity contribution in [1.29, 1.82) is 0 Å². The van der Waals surface area contributed by atoms with Gasteiger partial charge in [0.25, 0.3) is 0 Å². The molecule has 0 spiro atoms. The minimum Gasteiger partial charge on any atom is -0.351 e. The molecule has 3 nitrogen and oxygen atoms in total. The van der Waals surface area contributed by atoms with Crippen LogP contribution in [0.5, 0.6) is 0 Å². The van der Waals surface area contributed by atoms with Crippen molar-refractivity contribution in [3.8, 4) is 0 Å². The molecule has 0 saturated heterocycles. The number of carbonyl (C=O) groups excluding carboxylic acids is 2. The number of Topliss-reactive ketones (excluding diaryl/α,β-unsaturated/α-hetero) is 1. The van der Waals surface area contributed by atoms with Crippen LogP contribution in [-0.4, -0.2) is 17.2 Å². The van der Waals surface area contributed by atoms with E-state index >= 15 is 0 Å². The lowest BCUT2D eigenvalue weighted by Gasteiger charge is -2.56. The number of nitrogens with one attached hydrogen (secondary N) is 1. The summed E-state index contributed by atoms with van der Waals surface area (Å²) in [6.45, 7) is 0. The summed E-state index contributed by atoms with van der Waals surface area (Å²) in [5, 5.41) is 3.38. The van der Waals surface area contributed by atoms with Gasteiger partial charge in [-0.15, -0.1) is 0 Å². The van der Waals surface area contributed by atoms with Gasteiger partial charge in [0.15, 0.2) is 5.78 Å². The lowest BCUT2D eigenvalue weighted by molar-refractivity contribution is -0.126. The molecule has 4 fully saturated rings. The number of amides is 1. The van der Waals surface area contributed by atoms with E-state index in [-0.39, 0.29) is 17.2 Å². The predicted molar refractivity (Wildman–Crippen MR) is 101 cm³/mol. The predicted octanol–water partition coefficient (Wildman–Crippen LogP) is 4.22. The van der Waals surface area contributed by atoms with E-state index in [1.807, 2.05) is 6.07 Å². The standard InChI is InChI=1S/C23H29NO2/c25-21(20-5-4-18-2-1-3-19(18)11-20)6-7-22(26)24-23-12-15-8-16(13-23)10-17(9-15)14-23/h4-5,11,15-17H,1-3,6-10,12-14H2,(H,24,26). The highest BCUT2D eigenvalue weighted by Gasteiger charge is 2.51. The molecule has 138 valence electrons. The van der Waals surface area contributed by atoms with Crippen LogP contribution in [0.3, 0.4) is 0 Å². The van der Waals surface area contributed by atoms with Crippen LogP contribution in [0.15, 0.2) is 18.2 Å². The van der Waals surface area contributed by atoms with Gasteiger partial charge in [0, 0.05) is 23.9 Å². The van der Waals surface area contributed by atoms with Crippen LogP contribution in [0.1, 0.15) is 79.3 Å². The fraction of sp³-hybridized carbons (Fsp3) is 0.652. The van der Waals surface area contributed by atoms with E-state index in [0.29, 0.717) is 12.8 Å². The van der Waals surface area contributed by atoms with Gasteiger partial charge in [0.05, 0.1) is 0 Å². The summed E-state index contributed by atoms with van der Waals surface area (Å²) in [6.07, 6.45) is 11.7. The molecule has 1 N–H and O–H groups in total. The van der Waals surface area contributed by atoms with Crippen molar-refractivity contribution >= 4 is 11.7 Å². The molecule has 0 heterocycles. The largest absolute Gasteiger partial charge is 0.351 e. The molecular weight excluding hydrogens is 322 g/mol. The Morgan fingerprint density at radius 2 is 1.58 bits per heavy atom. The van der Waals surface area contributed by atoms with Crippen molar-refractivity contribution in [3.63, 3.8) is 0 Å². The Labute approximate surface area is 155 Å². The van der Waals surface area contributed by atoms with E-state index in [9.17, 15) is 9.59 Å². The number of benzene rings is 1. The molecule has 1 aromatic carbocycles. The van der Waals surface area contributed by atoms with E-state index in [2.05, 4.69) is 17.4 Å². The van der Waals surface area contributed by atoms with Gasteiger partial charge in [0.2, 0.25) is 5.91 Å². The molecule has 5 aliphatic carbocycles. The molecule has 4 bridgehead atoms.